The Bertz CT molecular complexity index is 1860. The summed E-state index contributed by atoms with van der Waals surface area (Å²) in [5.74, 6) is -0.236. The lowest BCUT2D eigenvalue weighted by Crippen LogP contribution is -2.60. The van der Waals surface area contributed by atoms with Gasteiger partial charge in [0.1, 0.15) is 6.61 Å². The largest absolute Gasteiger partial charge is 0.475 e. The maximum absolute atomic E-state index is 14.6. The van der Waals surface area contributed by atoms with Gasteiger partial charge in [-0.3, -0.25) is 14.0 Å². The quantitative estimate of drug-likeness (QED) is 0.308. The van der Waals surface area contributed by atoms with Gasteiger partial charge < -0.3 is 14.5 Å². The van der Waals surface area contributed by atoms with Crippen molar-refractivity contribution >= 4 is 27.8 Å². The van der Waals surface area contributed by atoms with Gasteiger partial charge in [0, 0.05) is 42.2 Å². The fraction of sp³-hybridized carbons (Fsp3) is 0.526. The van der Waals surface area contributed by atoms with Crippen LogP contribution in [0.2, 0.25) is 0 Å². The van der Waals surface area contributed by atoms with Crippen LogP contribution in [0.1, 0.15) is 81.3 Å². The molecule has 0 radical (unpaired) electrons. The van der Waals surface area contributed by atoms with Crippen molar-refractivity contribution in [1.29, 1.82) is 0 Å². The predicted octanol–water partition coefficient (Wildman–Crippen LogP) is 6.58. The molecule has 1 atom stereocenters. The number of nitrogens with one attached hydrogen (secondary N) is 1. The third kappa shape index (κ3) is 7.22. The minimum Gasteiger partial charge on any atom is -0.475 e. The number of hydrogen-bond donors (Lipinski definition) is 1. The van der Waals surface area contributed by atoms with E-state index in [2.05, 4.69) is 14.7 Å². The first-order chi connectivity index (χ1) is 23.6. The zero-order chi connectivity index (χ0) is 36.0. The predicted molar refractivity (Wildman–Crippen MR) is 190 cm³/mol. The molecule has 268 valence electrons. The van der Waals surface area contributed by atoms with E-state index in [9.17, 15) is 22.4 Å². The Morgan fingerprint density at radius 2 is 1.72 bits per heavy atom. The third-order valence-electron chi connectivity index (χ3n) is 10.6. The number of benzene rings is 2. The Morgan fingerprint density at radius 1 is 1.06 bits per heavy atom. The molecule has 4 bridgehead atoms. The highest BCUT2D eigenvalue weighted by atomic mass is 32.2. The van der Waals surface area contributed by atoms with Gasteiger partial charge >= 0.3 is 0 Å². The van der Waals surface area contributed by atoms with Crippen LogP contribution in [0.3, 0.4) is 0 Å². The molecule has 1 aliphatic carbocycles. The van der Waals surface area contributed by atoms with E-state index >= 15 is 0 Å². The molecule has 6 rings (SSSR count). The fourth-order valence-electron chi connectivity index (χ4n) is 7.87. The van der Waals surface area contributed by atoms with Crippen LogP contribution in [0, 0.1) is 30.6 Å². The van der Waals surface area contributed by atoms with Crippen LogP contribution in [-0.4, -0.2) is 78.5 Å². The molecular formula is C38H48FN5O5S. The summed E-state index contributed by atoms with van der Waals surface area (Å²) in [6.07, 6.45) is 3.50. The number of likely N-dealkylation sites (tertiary alicyclic amines) is 1. The van der Waals surface area contributed by atoms with E-state index < -0.39 is 28.2 Å². The normalized spacial score (nSPS) is 20.6. The van der Waals surface area contributed by atoms with Crippen LogP contribution in [-0.2, 0) is 14.8 Å². The molecule has 2 amide bonds. The van der Waals surface area contributed by atoms with E-state index in [1.165, 1.54) is 12.1 Å². The number of fused-ring (bicyclic) bond motifs is 4. The van der Waals surface area contributed by atoms with Gasteiger partial charge in [0.25, 0.3) is 15.9 Å². The van der Waals surface area contributed by atoms with E-state index in [1.54, 1.807) is 18.2 Å². The summed E-state index contributed by atoms with van der Waals surface area (Å²) in [6, 6.07) is 12.8. The summed E-state index contributed by atoms with van der Waals surface area (Å²) in [5, 5.41) is 0. The number of anilines is 1. The number of piperidine rings is 1. The molecule has 1 saturated heterocycles. The lowest BCUT2D eigenvalue weighted by atomic mass is 9.59. The number of carbonyl (C=O) groups is 2. The smallest absolute Gasteiger partial charge is 0.264 e. The van der Waals surface area contributed by atoms with Gasteiger partial charge in [0.2, 0.25) is 17.7 Å². The number of rotatable bonds is 6. The lowest BCUT2D eigenvalue weighted by molar-refractivity contribution is -0.139. The number of aryl methyl sites for hydroxylation is 2. The van der Waals surface area contributed by atoms with Gasteiger partial charge in [0.15, 0.2) is 0 Å². The molecule has 2 aliphatic heterocycles. The van der Waals surface area contributed by atoms with Crippen molar-refractivity contribution in [3.8, 4) is 17.1 Å². The van der Waals surface area contributed by atoms with E-state index in [-0.39, 0.29) is 58.1 Å². The van der Waals surface area contributed by atoms with Crippen molar-refractivity contribution in [2.75, 3.05) is 31.1 Å². The van der Waals surface area contributed by atoms with Crippen molar-refractivity contribution in [3.05, 3.63) is 65.2 Å². The average molecular weight is 706 g/mol. The van der Waals surface area contributed by atoms with Gasteiger partial charge in [-0.2, -0.15) is 4.98 Å². The molecule has 2 fully saturated rings. The summed E-state index contributed by atoms with van der Waals surface area (Å²) in [7, 11) is -4.20. The second-order valence-electron chi connectivity index (χ2n) is 15.5. The van der Waals surface area contributed by atoms with Crippen molar-refractivity contribution < 1.29 is 27.1 Å². The van der Waals surface area contributed by atoms with Crippen molar-refractivity contribution in [1.82, 2.24) is 19.8 Å². The summed E-state index contributed by atoms with van der Waals surface area (Å²) in [6.45, 7) is 12.2. The third-order valence-corrected chi connectivity index (χ3v) is 11.9. The zero-order valence-corrected chi connectivity index (χ0v) is 30.6. The molecule has 12 heteroatoms. The minimum absolute atomic E-state index is 0.00213. The molecular weight excluding hydrogens is 658 g/mol. The number of aromatic nitrogens is 2. The lowest BCUT2D eigenvalue weighted by Gasteiger charge is -2.56. The van der Waals surface area contributed by atoms with Crippen molar-refractivity contribution in [2.45, 2.75) is 90.6 Å². The van der Waals surface area contributed by atoms with Crippen LogP contribution in [0.25, 0.3) is 11.3 Å². The number of ether oxygens (including phenoxy) is 1. The average Bonchev–Trinajstić information content (AvgIpc) is 3.05. The number of halogens is 1. The standard InChI is InChI=1S/C38H48FN5O5S/c1-24(2)34(45)43-15-13-38(14-16-43)20-28(21-38)44-29(19-37(5,6)23-39)22-49-32-18-31(33-25(3)9-7-10-26(33)4)40-36(41-32)42-50(47,48)30-12-8-11-27(17-30)35(44)46/h7-12,17-18,24,28-29H,13-16,19-23H2,1-6H3,(H,40,41,42)/t29-/m1/s1. The van der Waals surface area contributed by atoms with Gasteiger partial charge in [0.05, 0.1) is 23.3 Å². The second kappa shape index (κ2) is 13.6. The molecule has 1 aromatic heterocycles. The molecule has 1 spiro atoms. The SMILES string of the molecule is Cc1cccc(C)c1-c1cc2nc(n1)NS(=O)(=O)c1cccc(c1)C(=O)N(C1CC3(CCN(C(=O)C(C)C)CC3)C1)[C@H](CC(C)(C)CF)CO2. The Labute approximate surface area is 294 Å². The van der Waals surface area contributed by atoms with Crippen LogP contribution in [0.15, 0.2) is 53.4 Å². The maximum Gasteiger partial charge on any atom is 0.264 e. The molecule has 50 heavy (non-hydrogen) atoms. The van der Waals surface area contributed by atoms with E-state index in [1.807, 2.05) is 69.5 Å². The fourth-order valence-corrected chi connectivity index (χ4v) is 8.86. The van der Waals surface area contributed by atoms with Crippen LogP contribution < -0.4 is 9.46 Å². The van der Waals surface area contributed by atoms with Crippen molar-refractivity contribution in [2.24, 2.45) is 16.7 Å². The van der Waals surface area contributed by atoms with Crippen molar-refractivity contribution in [3.63, 3.8) is 0 Å². The molecule has 1 saturated carbocycles. The number of alkyl halides is 1. The minimum atomic E-state index is -4.20. The Balaban J connectivity index is 1.40. The molecule has 10 nitrogen and oxygen atoms in total. The summed E-state index contributed by atoms with van der Waals surface area (Å²) >= 11 is 0. The molecule has 0 unspecified atom stereocenters. The molecule has 3 aromatic rings. The van der Waals surface area contributed by atoms with Crippen LogP contribution in [0.5, 0.6) is 5.88 Å². The highest BCUT2D eigenvalue weighted by molar-refractivity contribution is 7.92. The van der Waals surface area contributed by atoms with E-state index in [0.717, 1.165) is 42.4 Å². The first kappa shape index (κ1) is 35.8. The van der Waals surface area contributed by atoms with E-state index in [0.29, 0.717) is 25.2 Å². The molecule has 3 heterocycles. The Morgan fingerprint density at radius 3 is 2.36 bits per heavy atom. The van der Waals surface area contributed by atoms with E-state index in [4.69, 9.17) is 4.74 Å². The van der Waals surface area contributed by atoms with Crippen LogP contribution in [0.4, 0.5) is 10.3 Å². The zero-order valence-electron chi connectivity index (χ0n) is 29.8. The van der Waals surface area contributed by atoms with Gasteiger partial charge in [-0.05, 0) is 86.1 Å². The highest BCUT2D eigenvalue weighted by Gasteiger charge is 2.51. The summed E-state index contributed by atoms with van der Waals surface area (Å²) in [5.41, 5.74) is 2.67. The van der Waals surface area contributed by atoms with Crippen LogP contribution >= 0.6 is 0 Å². The first-order valence-corrected chi connectivity index (χ1v) is 19.0. The number of sulfonamides is 1. The van der Waals surface area contributed by atoms with Gasteiger partial charge in [-0.15, -0.1) is 0 Å². The highest BCUT2D eigenvalue weighted by Crippen LogP contribution is 2.52. The molecule has 3 aliphatic rings. The Kier molecular flexibility index (Phi) is 9.71. The molecule has 1 N–H and O–H groups in total. The number of nitrogens with zero attached hydrogens (tertiary/aromatic N) is 4. The topological polar surface area (TPSA) is 122 Å². The number of amides is 2. The van der Waals surface area contributed by atoms with Gasteiger partial charge in [-0.25, -0.2) is 18.1 Å². The molecule has 2 aromatic carbocycles. The summed E-state index contributed by atoms with van der Waals surface area (Å²) < 4.78 is 50.8. The first-order valence-electron chi connectivity index (χ1n) is 17.5. The Hall–Kier alpha value is -4.06. The van der Waals surface area contributed by atoms with Gasteiger partial charge in [-0.1, -0.05) is 52.0 Å². The monoisotopic (exact) mass is 705 g/mol. The maximum atomic E-state index is 14.6. The number of carbonyl (C=O) groups excluding carboxylic acids is 2. The second-order valence-corrected chi connectivity index (χ2v) is 17.2. The number of hydrogen-bond acceptors (Lipinski definition) is 7. The summed E-state index contributed by atoms with van der Waals surface area (Å²) in [4.78, 5) is 40.0.